The molecule has 2 N–H and O–H groups in total. The van der Waals surface area contributed by atoms with Crippen LogP contribution in [0.3, 0.4) is 0 Å². The maximum Gasteiger partial charge on any atom is 0.236 e. The summed E-state index contributed by atoms with van der Waals surface area (Å²) in [5.41, 5.74) is 1.90. The first-order valence-corrected chi connectivity index (χ1v) is 11.3. The molecule has 31 heavy (non-hydrogen) atoms. The van der Waals surface area contributed by atoms with Crippen LogP contribution in [0, 0.1) is 0 Å². The summed E-state index contributed by atoms with van der Waals surface area (Å²) >= 11 is -2.02. The Kier molecular flexibility index (Phi) is 6.15. The van der Waals surface area contributed by atoms with E-state index in [4.69, 9.17) is 4.74 Å². The molecular formula is C24H24N2O4S. The zero-order valence-electron chi connectivity index (χ0n) is 17.2. The number of benzene rings is 2. The fourth-order valence-electron chi connectivity index (χ4n) is 4.18. The van der Waals surface area contributed by atoms with E-state index >= 15 is 0 Å². The lowest BCUT2D eigenvalue weighted by Crippen LogP contribution is -2.38. The molecule has 0 bridgehead atoms. The summed E-state index contributed by atoms with van der Waals surface area (Å²) in [6, 6.07) is 19.9. The van der Waals surface area contributed by atoms with Crippen molar-refractivity contribution in [2.75, 3.05) is 12.4 Å². The number of aromatic nitrogens is 1. The third-order valence-electron chi connectivity index (χ3n) is 5.88. The molecule has 2 aromatic carbocycles. The third kappa shape index (κ3) is 4.38. The van der Waals surface area contributed by atoms with Gasteiger partial charge >= 0.3 is 0 Å². The standard InChI is InChI=1S/C24H24N2O4S/c1-30-19-11-9-18(10-12-19)24(15-2-3-16-24)23(27)26-22-6-4-5-21(25-22)17-7-13-20(14-8-17)31(28)29/h4-14H,2-3,15-16H2,1H3,(H,28,29)(H,25,26,27). The quantitative estimate of drug-likeness (QED) is 0.543. The topological polar surface area (TPSA) is 88.5 Å². The number of ether oxygens (including phenoxy) is 1. The van der Waals surface area contributed by atoms with Gasteiger partial charge in [0.2, 0.25) is 5.91 Å². The van der Waals surface area contributed by atoms with E-state index in [9.17, 15) is 13.6 Å². The lowest BCUT2D eigenvalue weighted by atomic mass is 9.78. The summed E-state index contributed by atoms with van der Waals surface area (Å²) in [5, 5.41) is 3.02. The second-order valence-electron chi connectivity index (χ2n) is 7.65. The van der Waals surface area contributed by atoms with Crippen molar-refractivity contribution < 1.29 is 18.3 Å². The third-order valence-corrected chi connectivity index (χ3v) is 6.55. The first kappa shape index (κ1) is 21.2. The van der Waals surface area contributed by atoms with Crippen LogP contribution in [0.4, 0.5) is 5.82 Å². The van der Waals surface area contributed by atoms with Crippen molar-refractivity contribution in [3.05, 3.63) is 72.3 Å². The number of pyridine rings is 1. The first-order chi connectivity index (χ1) is 15.0. The highest BCUT2D eigenvalue weighted by atomic mass is 32.2. The Morgan fingerprint density at radius 2 is 1.71 bits per heavy atom. The summed E-state index contributed by atoms with van der Waals surface area (Å²) in [4.78, 5) is 18.3. The minimum absolute atomic E-state index is 0.0501. The highest BCUT2D eigenvalue weighted by Crippen LogP contribution is 2.42. The van der Waals surface area contributed by atoms with Crippen LogP contribution in [0.5, 0.6) is 5.75 Å². The van der Waals surface area contributed by atoms with E-state index in [0.29, 0.717) is 16.4 Å². The fraction of sp³-hybridized carbons (Fsp3) is 0.250. The van der Waals surface area contributed by atoms with E-state index in [2.05, 4.69) is 10.3 Å². The Bertz CT molecular complexity index is 1090. The smallest absolute Gasteiger partial charge is 0.236 e. The SMILES string of the molecule is COc1ccc(C2(C(=O)Nc3cccc(-c4ccc(S(=O)O)cc4)n3)CCCC2)cc1. The molecule has 1 aliphatic carbocycles. The molecule has 7 heteroatoms. The molecule has 1 atom stereocenters. The zero-order valence-corrected chi connectivity index (χ0v) is 18.0. The zero-order chi connectivity index (χ0) is 21.8. The molecule has 3 aromatic rings. The Morgan fingerprint density at radius 3 is 2.32 bits per heavy atom. The molecule has 0 spiro atoms. The van der Waals surface area contributed by atoms with E-state index in [1.54, 1.807) is 37.4 Å². The molecule has 160 valence electrons. The second-order valence-corrected chi connectivity index (χ2v) is 8.62. The minimum atomic E-state index is -2.02. The summed E-state index contributed by atoms with van der Waals surface area (Å²) in [7, 11) is 1.63. The number of hydrogen-bond acceptors (Lipinski definition) is 4. The number of hydrogen-bond donors (Lipinski definition) is 2. The van der Waals surface area contributed by atoms with Gasteiger partial charge in [0, 0.05) is 5.56 Å². The van der Waals surface area contributed by atoms with Crippen molar-refractivity contribution in [2.24, 2.45) is 0 Å². The molecule has 4 rings (SSSR count). The van der Waals surface area contributed by atoms with Crippen molar-refractivity contribution in [3.8, 4) is 17.0 Å². The number of amides is 1. The molecule has 1 amide bonds. The van der Waals surface area contributed by atoms with Crippen molar-refractivity contribution in [1.82, 2.24) is 4.98 Å². The van der Waals surface area contributed by atoms with Crippen molar-refractivity contribution in [2.45, 2.75) is 36.0 Å². The van der Waals surface area contributed by atoms with Crippen LogP contribution in [-0.4, -0.2) is 26.8 Å². The molecular weight excluding hydrogens is 412 g/mol. The Hall–Kier alpha value is -3.03. The summed E-state index contributed by atoms with van der Waals surface area (Å²) < 4.78 is 25.6. The number of anilines is 1. The van der Waals surface area contributed by atoms with Gasteiger partial charge in [-0.25, -0.2) is 9.19 Å². The molecule has 1 heterocycles. The maximum absolute atomic E-state index is 13.4. The number of nitrogens with one attached hydrogen (secondary N) is 1. The van der Waals surface area contributed by atoms with Gasteiger partial charge < -0.3 is 14.6 Å². The van der Waals surface area contributed by atoms with E-state index in [-0.39, 0.29) is 5.91 Å². The van der Waals surface area contributed by atoms with Gasteiger partial charge in [0.15, 0.2) is 11.1 Å². The van der Waals surface area contributed by atoms with E-state index in [0.717, 1.165) is 42.6 Å². The van der Waals surface area contributed by atoms with Gasteiger partial charge in [-0.05, 0) is 54.8 Å². The monoisotopic (exact) mass is 436 g/mol. The minimum Gasteiger partial charge on any atom is -0.497 e. The second kappa shape index (κ2) is 8.99. The van der Waals surface area contributed by atoms with Gasteiger partial charge in [-0.15, -0.1) is 0 Å². The number of methoxy groups -OCH3 is 1. The molecule has 0 radical (unpaired) electrons. The van der Waals surface area contributed by atoms with Crippen molar-refractivity contribution in [1.29, 1.82) is 0 Å². The molecule has 0 aliphatic heterocycles. The molecule has 1 saturated carbocycles. The van der Waals surface area contributed by atoms with Gasteiger partial charge in [-0.2, -0.15) is 0 Å². The number of rotatable bonds is 6. The molecule has 6 nitrogen and oxygen atoms in total. The lowest BCUT2D eigenvalue weighted by molar-refractivity contribution is -0.121. The molecule has 0 saturated heterocycles. The van der Waals surface area contributed by atoms with E-state index in [1.807, 2.05) is 36.4 Å². The van der Waals surface area contributed by atoms with Crippen molar-refractivity contribution >= 4 is 22.8 Å². The lowest BCUT2D eigenvalue weighted by Gasteiger charge is -2.28. The number of carbonyl (C=O) groups excluding carboxylic acids is 1. The van der Waals surface area contributed by atoms with Crippen LogP contribution in [-0.2, 0) is 21.3 Å². The predicted molar refractivity (Wildman–Crippen MR) is 120 cm³/mol. The molecule has 1 aromatic heterocycles. The van der Waals surface area contributed by atoms with E-state index in [1.165, 1.54) is 0 Å². The van der Waals surface area contributed by atoms with Gasteiger partial charge in [-0.3, -0.25) is 4.79 Å². The van der Waals surface area contributed by atoms with Crippen LogP contribution in [0.2, 0.25) is 0 Å². The maximum atomic E-state index is 13.4. The van der Waals surface area contributed by atoms with Crippen LogP contribution in [0.1, 0.15) is 31.2 Å². The first-order valence-electron chi connectivity index (χ1n) is 10.2. The molecule has 1 aliphatic rings. The van der Waals surface area contributed by atoms with Gasteiger partial charge in [0.05, 0.1) is 23.1 Å². The van der Waals surface area contributed by atoms with Crippen LogP contribution in [0.15, 0.2) is 71.6 Å². The Balaban J connectivity index is 1.58. The Labute approximate surface area is 184 Å². The number of nitrogens with zero attached hydrogens (tertiary/aromatic N) is 1. The average Bonchev–Trinajstić information content (AvgIpc) is 3.31. The fourth-order valence-corrected chi connectivity index (χ4v) is 4.55. The highest BCUT2D eigenvalue weighted by Gasteiger charge is 2.42. The summed E-state index contributed by atoms with van der Waals surface area (Å²) in [6.07, 6.45) is 3.60. The summed E-state index contributed by atoms with van der Waals surface area (Å²) in [5.74, 6) is 1.20. The predicted octanol–water partition coefficient (Wildman–Crippen LogP) is 4.79. The number of carbonyl (C=O) groups is 1. The van der Waals surface area contributed by atoms with Gasteiger partial charge in [0.25, 0.3) is 0 Å². The Morgan fingerprint density at radius 1 is 1.03 bits per heavy atom. The van der Waals surface area contributed by atoms with Crippen molar-refractivity contribution in [3.63, 3.8) is 0 Å². The van der Waals surface area contributed by atoms with Crippen LogP contribution >= 0.6 is 0 Å². The van der Waals surface area contributed by atoms with Gasteiger partial charge in [0.1, 0.15) is 11.6 Å². The highest BCUT2D eigenvalue weighted by molar-refractivity contribution is 7.79. The van der Waals surface area contributed by atoms with E-state index < -0.39 is 16.5 Å². The molecule has 1 fully saturated rings. The normalized spacial score (nSPS) is 15.9. The van der Waals surface area contributed by atoms with Gasteiger partial charge in [-0.1, -0.05) is 43.2 Å². The van der Waals surface area contributed by atoms with Crippen LogP contribution in [0.25, 0.3) is 11.3 Å². The molecule has 1 unspecified atom stereocenters. The summed E-state index contributed by atoms with van der Waals surface area (Å²) in [6.45, 7) is 0. The largest absolute Gasteiger partial charge is 0.497 e. The van der Waals surface area contributed by atoms with Crippen LogP contribution < -0.4 is 10.1 Å². The average molecular weight is 437 g/mol.